The number of Topliss-reactive ketones (excluding diaryl/α,β-unsaturated/α-hetero) is 1. The molecule has 0 fully saturated rings. The van der Waals surface area contributed by atoms with E-state index in [1.165, 1.54) is 21.8 Å². The molecule has 40 heavy (non-hydrogen) atoms. The number of nitrogens with zero attached hydrogens (tertiary/aromatic N) is 1. The topological polar surface area (TPSA) is 22.0 Å². The lowest BCUT2D eigenvalue weighted by Gasteiger charge is -2.18. The van der Waals surface area contributed by atoms with Crippen LogP contribution in [0.25, 0.3) is 38.6 Å². The average Bonchev–Trinajstić information content (AvgIpc) is 3.36. The van der Waals surface area contributed by atoms with Crippen molar-refractivity contribution in [2.24, 2.45) is 0 Å². The maximum absolute atomic E-state index is 13.7. The Labute approximate surface area is 233 Å². The molecule has 0 saturated carbocycles. The fraction of sp³-hybridized carbons (Fsp3) is 0.0263. The van der Waals surface area contributed by atoms with Crippen LogP contribution in [0.5, 0.6) is 0 Å². The Morgan fingerprint density at radius 3 is 1.75 bits per heavy atom. The maximum atomic E-state index is 13.7. The quantitative estimate of drug-likeness (QED) is 0.203. The van der Waals surface area contributed by atoms with E-state index in [4.69, 9.17) is 0 Å². The van der Waals surface area contributed by atoms with E-state index in [1.807, 2.05) is 60.7 Å². The molecule has 1 atom stereocenters. The van der Waals surface area contributed by atoms with E-state index < -0.39 is 0 Å². The van der Waals surface area contributed by atoms with Crippen LogP contribution in [0.3, 0.4) is 0 Å². The van der Waals surface area contributed by atoms with Crippen molar-refractivity contribution in [3.05, 3.63) is 174 Å². The van der Waals surface area contributed by atoms with Gasteiger partial charge in [0.05, 0.1) is 17.0 Å². The van der Waals surface area contributed by atoms with E-state index in [0.29, 0.717) is 0 Å². The number of ketones is 1. The molecular weight excluding hydrogens is 486 g/mol. The lowest BCUT2D eigenvalue weighted by Crippen LogP contribution is -2.14. The van der Waals surface area contributed by atoms with Gasteiger partial charge in [-0.1, -0.05) is 127 Å². The smallest absolute Gasteiger partial charge is 0.174 e. The molecule has 0 bridgehead atoms. The summed E-state index contributed by atoms with van der Waals surface area (Å²) in [5, 5.41) is 2.46. The molecule has 0 aliphatic heterocycles. The van der Waals surface area contributed by atoms with Crippen LogP contribution in [0.1, 0.15) is 27.4 Å². The van der Waals surface area contributed by atoms with Crippen molar-refractivity contribution in [1.29, 1.82) is 0 Å². The van der Waals surface area contributed by atoms with Gasteiger partial charge in [0.2, 0.25) is 0 Å². The summed E-state index contributed by atoms with van der Waals surface area (Å²) < 4.78 is 2.33. The van der Waals surface area contributed by atoms with Gasteiger partial charge in [-0.2, -0.15) is 0 Å². The van der Waals surface area contributed by atoms with Gasteiger partial charge in [0.15, 0.2) is 5.78 Å². The number of fused-ring (bicyclic) bond motifs is 3. The molecule has 2 heteroatoms. The summed E-state index contributed by atoms with van der Waals surface area (Å²) in [6.07, 6.45) is 0. The highest BCUT2D eigenvalue weighted by molar-refractivity contribution is 6.10. The third kappa shape index (κ3) is 4.20. The Morgan fingerprint density at radius 2 is 1.02 bits per heavy atom. The summed E-state index contributed by atoms with van der Waals surface area (Å²) in [6.45, 7) is 0. The number of hydrogen-bond donors (Lipinski definition) is 0. The monoisotopic (exact) mass is 513 g/mol. The van der Waals surface area contributed by atoms with Crippen molar-refractivity contribution in [1.82, 2.24) is 4.57 Å². The van der Waals surface area contributed by atoms with E-state index in [2.05, 4.69) is 102 Å². The van der Waals surface area contributed by atoms with Crippen molar-refractivity contribution in [3.8, 4) is 16.8 Å². The molecule has 0 aliphatic carbocycles. The zero-order valence-corrected chi connectivity index (χ0v) is 21.9. The minimum Gasteiger partial charge on any atom is -0.309 e. The third-order valence-corrected chi connectivity index (χ3v) is 7.72. The minimum atomic E-state index is -0.357. The molecule has 7 aromatic rings. The van der Waals surface area contributed by atoms with Gasteiger partial charge in [0.1, 0.15) is 0 Å². The standard InChI is InChI=1S/C38H27NO/c40-38(30-14-6-2-7-15-30)37(28-12-4-1-5-13-28)29-22-20-27(21-23-29)31-24-25-36-34(26-31)33-18-10-11-19-35(33)39(36)32-16-8-3-9-17-32/h1-26,37H. The molecule has 7 rings (SSSR count). The molecule has 1 heterocycles. The molecule has 0 spiro atoms. The predicted molar refractivity (Wildman–Crippen MR) is 165 cm³/mol. The summed E-state index contributed by atoms with van der Waals surface area (Å²) in [5.74, 6) is -0.251. The lowest BCUT2D eigenvalue weighted by atomic mass is 9.84. The van der Waals surface area contributed by atoms with Gasteiger partial charge in [-0.15, -0.1) is 0 Å². The Morgan fingerprint density at radius 1 is 0.475 bits per heavy atom. The molecule has 0 N–H and O–H groups in total. The van der Waals surface area contributed by atoms with E-state index in [9.17, 15) is 4.79 Å². The molecule has 1 unspecified atom stereocenters. The maximum Gasteiger partial charge on any atom is 0.174 e. The van der Waals surface area contributed by atoms with E-state index in [0.717, 1.165) is 33.5 Å². The second-order valence-electron chi connectivity index (χ2n) is 10.1. The molecular formula is C38H27NO. The highest BCUT2D eigenvalue weighted by Crippen LogP contribution is 2.36. The third-order valence-electron chi connectivity index (χ3n) is 7.72. The highest BCUT2D eigenvalue weighted by Gasteiger charge is 2.24. The van der Waals surface area contributed by atoms with Gasteiger partial charge < -0.3 is 4.57 Å². The van der Waals surface area contributed by atoms with Crippen molar-refractivity contribution < 1.29 is 4.79 Å². The van der Waals surface area contributed by atoms with Crippen molar-refractivity contribution in [2.45, 2.75) is 5.92 Å². The molecule has 0 saturated heterocycles. The SMILES string of the molecule is O=C(c1ccccc1)C(c1ccccc1)c1ccc(-c2ccc3c(c2)c2ccccc2n3-c2ccccc2)cc1. The van der Waals surface area contributed by atoms with Gasteiger partial charge in [0, 0.05) is 22.0 Å². The van der Waals surface area contributed by atoms with Gasteiger partial charge in [-0.25, -0.2) is 0 Å². The number of benzene rings is 6. The molecule has 0 aliphatic rings. The zero-order chi connectivity index (χ0) is 26.9. The Balaban J connectivity index is 1.30. The van der Waals surface area contributed by atoms with Crippen LogP contribution < -0.4 is 0 Å². The number of rotatable bonds is 6. The van der Waals surface area contributed by atoms with Crippen LogP contribution >= 0.6 is 0 Å². The predicted octanol–water partition coefficient (Wildman–Crippen LogP) is 9.47. The van der Waals surface area contributed by atoms with Crippen molar-refractivity contribution >= 4 is 27.6 Å². The molecule has 6 aromatic carbocycles. The summed E-state index contributed by atoms with van der Waals surface area (Å²) in [4.78, 5) is 13.7. The first-order valence-corrected chi connectivity index (χ1v) is 13.6. The Bertz CT molecular complexity index is 1940. The number of aromatic nitrogens is 1. The van der Waals surface area contributed by atoms with Crippen LogP contribution in [-0.2, 0) is 0 Å². The van der Waals surface area contributed by atoms with Crippen LogP contribution in [0, 0.1) is 0 Å². The molecule has 0 radical (unpaired) electrons. The number of carbonyl (C=O) groups excluding carboxylic acids is 1. The summed E-state index contributed by atoms with van der Waals surface area (Å²) >= 11 is 0. The van der Waals surface area contributed by atoms with Crippen LogP contribution in [0.15, 0.2) is 158 Å². The zero-order valence-electron chi connectivity index (χ0n) is 21.9. The first-order chi connectivity index (χ1) is 19.8. The van der Waals surface area contributed by atoms with Gasteiger partial charge in [0.25, 0.3) is 0 Å². The first-order valence-electron chi connectivity index (χ1n) is 13.6. The number of carbonyl (C=O) groups is 1. The van der Waals surface area contributed by atoms with Crippen molar-refractivity contribution in [3.63, 3.8) is 0 Å². The molecule has 0 amide bonds. The van der Waals surface area contributed by atoms with Gasteiger partial charge in [-0.3, -0.25) is 4.79 Å². The van der Waals surface area contributed by atoms with E-state index >= 15 is 0 Å². The van der Waals surface area contributed by atoms with Gasteiger partial charge >= 0.3 is 0 Å². The second kappa shape index (κ2) is 10.2. The van der Waals surface area contributed by atoms with Crippen LogP contribution in [0.2, 0.25) is 0 Å². The lowest BCUT2D eigenvalue weighted by molar-refractivity contribution is 0.0974. The van der Waals surface area contributed by atoms with E-state index in [1.54, 1.807) is 0 Å². The van der Waals surface area contributed by atoms with Crippen LogP contribution in [-0.4, -0.2) is 10.4 Å². The van der Waals surface area contributed by atoms with Crippen LogP contribution in [0.4, 0.5) is 0 Å². The summed E-state index contributed by atoms with van der Waals surface area (Å²) in [6, 6.07) is 53.9. The molecule has 190 valence electrons. The minimum absolute atomic E-state index is 0.106. The fourth-order valence-electron chi connectivity index (χ4n) is 5.79. The number of para-hydroxylation sites is 2. The highest BCUT2D eigenvalue weighted by atomic mass is 16.1. The summed E-state index contributed by atoms with van der Waals surface area (Å²) in [5.41, 5.74) is 8.53. The molecule has 1 aromatic heterocycles. The normalized spacial score (nSPS) is 12.0. The number of hydrogen-bond acceptors (Lipinski definition) is 1. The molecule has 2 nitrogen and oxygen atoms in total. The largest absolute Gasteiger partial charge is 0.309 e. The Hall–Kier alpha value is -5.21. The Kier molecular flexibility index (Phi) is 6.07. The fourth-order valence-corrected chi connectivity index (χ4v) is 5.79. The second-order valence-corrected chi connectivity index (χ2v) is 10.1. The van der Waals surface area contributed by atoms with Gasteiger partial charge in [-0.05, 0) is 52.6 Å². The van der Waals surface area contributed by atoms with E-state index in [-0.39, 0.29) is 11.7 Å². The van der Waals surface area contributed by atoms with Crippen molar-refractivity contribution in [2.75, 3.05) is 0 Å². The summed E-state index contributed by atoms with van der Waals surface area (Å²) in [7, 11) is 0. The first kappa shape index (κ1) is 23.9. The average molecular weight is 514 g/mol.